The lowest BCUT2D eigenvalue weighted by molar-refractivity contribution is 0.453. The van der Waals surface area contributed by atoms with Crippen LogP contribution < -0.4 is 0 Å². The molecule has 3 unspecified atom stereocenters. The van der Waals surface area contributed by atoms with Crippen molar-refractivity contribution in [3.8, 4) is 0 Å². The molecule has 0 bridgehead atoms. The number of allylic oxidation sites excluding steroid dienone is 10. The summed E-state index contributed by atoms with van der Waals surface area (Å²) in [6.07, 6.45) is 30.4. The Bertz CT molecular complexity index is 526. The molecule has 0 aromatic carbocycles. The Hall–Kier alpha value is -1.30. The third-order valence-corrected chi connectivity index (χ3v) is 5.79. The van der Waals surface area contributed by atoms with Gasteiger partial charge in [-0.2, -0.15) is 0 Å². The average molecular weight is 339 g/mol. The van der Waals surface area contributed by atoms with Crippen molar-refractivity contribution >= 4 is 0 Å². The summed E-state index contributed by atoms with van der Waals surface area (Å²) in [5, 5.41) is 0. The Morgan fingerprint density at radius 2 is 1.60 bits per heavy atom. The summed E-state index contributed by atoms with van der Waals surface area (Å²) in [5.74, 6) is 2.33. The average Bonchev–Trinajstić information content (AvgIpc) is 2.62. The second kappa shape index (κ2) is 11.3. The molecule has 0 aliphatic heterocycles. The smallest absolute Gasteiger partial charge is 0.0130 e. The summed E-state index contributed by atoms with van der Waals surface area (Å²) >= 11 is 0. The van der Waals surface area contributed by atoms with Gasteiger partial charge in [-0.1, -0.05) is 66.7 Å². The van der Waals surface area contributed by atoms with E-state index >= 15 is 0 Å². The maximum atomic E-state index is 2.49. The third kappa shape index (κ3) is 7.63. The lowest BCUT2D eigenvalue weighted by atomic mass is 9.82. The molecule has 0 aromatic heterocycles. The Balaban J connectivity index is 1.64. The molecule has 138 valence electrons. The first-order chi connectivity index (χ1) is 12.2. The Morgan fingerprint density at radius 1 is 0.920 bits per heavy atom. The van der Waals surface area contributed by atoms with Gasteiger partial charge in [-0.3, -0.25) is 0 Å². The lowest BCUT2D eigenvalue weighted by Crippen LogP contribution is -2.12. The molecule has 25 heavy (non-hydrogen) atoms. The zero-order chi connectivity index (χ0) is 17.9. The van der Waals surface area contributed by atoms with Gasteiger partial charge in [-0.05, 0) is 89.4 Å². The van der Waals surface area contributed by atoms with Crippen LogP contribution in [0.5, 0.6) is 0 Å². The second-order valence-electron chi connectivity index (χ2n) is 8.10. The van der Waals surface area contributed by atoms with Crippen molar-refractivity contribution in [2.75, 3.05) is 0 Å². The molecule has 0 spiro atoms. The quantitative estimate of drug-likeness (QED) is 0.295. The standard InChI is InChI=1S/C25H38/c1-4-24-17-11-12-18-25(24)20-22(3)14-8-5-7-13-21(2)19-23-15-9-6-10-16-23/h6,9,11-14,17-18,23-25H,4-5,7-8,10,15-16,19-20H2,1-3H3/b21-13-,22-14+. The van der Waals surface area contributed by atoms with Crippen LogP contribution in [0.25, 0.3) is 0 Å². The Morgan fingerprint density at radius 3 is 2.24 bits per heavy atom. The van der Waals surface area contributed by atoms with Crippen molar-refractivity contribution in [2.24, 2.45) is 17.8 Å². The fourth-order valence-corrected chi connectivity index (χ4v) is 4.21. The molecule has 0 aromatic rings. The molecule has 3 atom stereocenters. The fraction of sp³-hybridized carbons (Fsp3) is 0.600. The monoisotopic (exact) mass is 338 g/mol. The first-order valence-electron chi connectivity index (χ1n) is 10.5. The SMILES string of the molecule is CCC1C=CC=CC1C/C(C)=C/CCC/C=C(/C)CC1CC=CCC1. The van der Waals surface area contributed by atoms with E-state index in [0.717, 1.165) is 11.8 Å². The van der Waals surface area contributed by atoms with E-state index in [-0.39, 0.29) is 0 Å². The highest BCUT2D eigenvalue weighted by molar-refractivity contribution is 5.16. The highest BCUT2D eigenvalue weighted by atomic mass is 14.2. The van der Waals surface area contributed by atoms with Crippen LogP contribution in [0.15, 0.2) is 59.8 Å². The van der Waals surface area contributed by atoms with Gasteiger partial charge in [-0.25, -0.2) is 0 Å². The van der Waals surface area contributed by atoms with Gasteiger partial charge in [-0.15, -0.1) is 0 Å². The van der Waals surface area contributed by atoms with Crippen LogP contribution in [-0.4, -0.2) is 0 Å². The number of hydrogen-bond donors (Lipinski definition) is 0. The highest BCUT2D eigenvalue weighted by Gasteiger charge is 2.16. The maximum Gasteiger partial charge on any atom is -0.0130 e. The highest BCUT2D eigenvalue weighted by Crippen LogP contribution is 2.28. The van der Waals surface area contributed by atoms with E-state index in [1.54, 1.807) is 11.1 Å². The molecule has 0 nitrogen and oxygen atoms in total. The van der Waals surface area contributed by atoms with Crippen molar-refractivity contribution in [3.63, 3.8) is 0 Å². The van der Waals surface area contributed by atoms with E-state index in [1.165, 1.54) is 57.8 Å². The molecule has 0 N–H and O–H groups in total. The molecule has 2 aliphatic carbocycles. The summed E-state index contributed by atoms with van der Waals surface area (Å²) in [7, 11) is 0. The third-order valence-electron chi connectivity index (χ3n) is 5.79. The van der Waals surface area contributed by atoms with Crippen LogP contribution >= 0.6 is 0 Å². The Kier molecular flexibility index (Phi) is 9.08. The lowest BCUT2D eigenvalue weighted by Gasteiger charge is -2.23. The van der Waals surface area contributed by atoms with Crippen LogP contribution in [0.3, 0.4) is 0 Å². The van der Waals surface area contributed by atoms with E-state index < -0.39 is 0 Å². The summed E-state index contributed by atoms with van der Waals surface area (Å²) < 4.78 is 0. The molecular weight excluding hydrogens is 300 g/mol. The van der Waals surface area contributed by atoms with Gasteiger partial charge in [0.1, 0.15) is 0 Å². The molecule has 0 heterocycles. The fourth-order valence-electron chi connectivity index (χ4n) is 4.21. The molecule has 0 saturated carbocycles. The summed E-state index contributed by atoms with van der Waals surface area (Å²) in [6.45, 7) is 6.95. The largest absolute Gasteiger partial charge is 0.0885 e. The van der Waals surface area contributed by atoms with E-state index in [9.17, 15) is 0 Å². The van der Waals surface area contributed by atoms with Crippen molar-refractivity contribution in [3.05, 3.63) is 59.8 Å². The molecule has 2 rings (SSSR count). The predicted molar refractivity (Wildman–Crippen MR) is 113 cm³/mol. The normalized spacial score (nSPS) is 27.1. The zero-order valence-electron chi connectivity index (χ0n) is 16.7. The van der Waals surface area contributed by atoms with E-state index in [1.807, 2.05) is 0 Å². The molecule has 0 amide bonds. The van der Waals surface area contributed by atoms with Crippen molar-refractivity contribution in [1.29, 1.82) is 0 Å². The second-order valence-corrected chi connectivity index (χ2v) is 8.10. The molecule has 0 fully saturated rings. The molecule has 2 aliphatic rings. The zero-order valence-corrected chi connectivity index (χ0v) is 16.7. The van der Waals surface area contributed by atoms with E-state index in [0.29, 0.717) is 5.92 Å². The summed E-state index contributed by atoms with van der Waals surface area (Å²) in [6, 6.07) is 0. The molecule has 0 saturated heterocycles. The van der Waals surface area contributed by atoms with E-state index in [4.69, 9.17) is 0 Å². The van der Waals surface area contributed by atoms with Gasteiger partial charge < -0.3 is 0 Å². The van der Waals surface area contributed by atoms with Gasteiger partial charge in [0.15, 0.2) is 0 Å². The van der Waals surface area contributed by atoms with E-state index in [2.05, 4.69) is 69.4 Å². The van der Waals surface area contributed by atoms with Gasteiger partial charge in [0, 0.05) is 0 Å². The summed E-state index contributed by atoms with van der Waals surface area (Å²) in [5.41, 5.74) is 3.17. The molecule has 0 heteroatoms. The summed E-state index contributed by atoms with van der Waals surface area (Å²) in [4.78, 5) is 0. The number of unbranched alkanes of at least 4 members (excludes halogenated alkanes) is 2. The number of rotatable bonds is 9. The van der Waals surface area contributed by atoms with Crippen molar-refractivity contribution in [2.45, 2.75) is 78.6 Å². The van der Waals surface area contributed by atoms with Crippen LogP contribution in [0.1, 0.15) is 78.6 Å². The van der Waals surface area contributed by atoms with Crippen LogP contribution in [0, 0.1) is 17.8 Å². The minimum atomic E-state index is 0.706. The van der Waals surface area contributed by atoms with Gasteiger partial charge in [0.05, 0.1) is 0 Å². The van der Waals surface area contributed by atoms with Crippen molar-refractivity contribution < 1.29 is 0 Å². The number of hydrogen-bond acceptors (Lipinski definition) is 0. The van der Waals surface area contributed by atoms with Crippen LogP contribution in [0.4, 0.5) is 0 Å². The van der Waals surface area contributed by atoms with Crippen LogP contribution in [-0.2, 0) is 0 Å². The van der Waals surface area contributed by atoms with Crippen LogP contribution in [0.2, 0.25) is 0 Å². The molecule has 0 radical (unpaired) electrons. The predicted octanol–water partition coefficient (Wildman–Crippen LogP) is 7.95. The van der Waals surface area contributed by atoms with Crippen molar-refractivity contribution in [1.82, 2.24) is 0 Å². The maximum absolute atomic E-state index is 2.49. The van der Waals surface area contributed by atoms with Gasteiger partial charge in [0.25, 0.3) is 0 Å². The first-order valence-corrected chi connectivity index (χ1v) is 10.5. The minimum Gasteiger partial charge on any atom is -0.0885 e. The minimum absolute atomic E-state index is 0.706. The Labute approximate surface area is 156 Å². The topological polar surface area (TPSA) is 0 Å². The molecular formula is C25H38. The first kappa shape index (κ1) is 20.0. The van der Waals surface area contributed by atoms with Gasteiger partial charge in [0.2, 0.25) is 0 Å². The van der Waals surface area contributed by atoms with Gasteiger partial charge >= 0.3 is 0 Å².